The molecule has 4 aliphatic carbocycles. The summed E-state index contributed by atoms with van der Waals surface area (Å²) < 4.78 is 4.87. The van der Waals surface area contributed by atoms with E-state index in [-0.39, 0.29) is 23.4 Å². The van der Waals surface area contributed by atoms with Crippen LogP contribution in [-0.4, -0.2) is 27.0 Å². The Kier molecular flexibility index (Phi) is 9.01. The van der Waals surface area contributed by atoms with Crippen LogP contribution in [0.2, 0.25) is 0 Å². The van der Waals surface area contributed by atoms with E-state index in [9.17, 15) is 5.26 Å². The summed E-state index contributed by atoms with van der Waals surface area (Å²) in [5.41, 5.74) is 18.5. The summed E-state index contributed by atoms with van der Waals surface area (Å²) in [6, 6.07) is 40.2. The third-order valence-corrected chi connectivity index (χ3v) is 15.3. The van der Waals surface area contributed by atoms with E-state index in [4.69, 9.17) is 9.98 Å². The van der Waals surface area contributed by atoms with E-state index >= 15 is 0 Å². The lowest BCUT2D eigenvalue weighted by atomic mass is 9.74. The van der Waals surface area contributed by atoms with Gasteiger partial charge in [0.25, 0.3) is 0 Å². The number of allylic oxidation sites excluding steroid dienone is 4. The molecule has 0 bridgehead atoms. The number of aliphatic imine (C=N–C) groups is 2. The summed E-state index contributed by atoms with van der Waals surface area (Å²) in [4.78, 5) is 11.2. The zero-order chi connectivity index (χ0) is 44.3. The molecule has 7 aromatic rings. The van der Waals surface area contributed by atoms with Gasteiger partial charge in [-0.15, -0.1) is 0 Å². The van der Waals surface area contributed by atoms with Gasteiger partial charge >= 0.3 is 0 Å². The van der Waals surface area contributed by atoms with E-state index in [2.05, 4.69) is 196 Å². The number of rotatable bonds is 5. The van der Waals surface area contributed by atoms with Crippen LogP contribution in [0.5, 0.6) is 0 Å². The maximum Gasteiger partial charge on any atom is 0.161 e. The molecule has 0 fully saturated rings. The summed E-state index contributed by atoms with van der Waals surface area (Å²) in [6.45, 7) is 13.8. The Morgan fingerprint density at radius 1 is 0.785 bits per heavy atom. The van der Waals surface area contributed by atoms with Crippen molar-refractivity contribution in [3.05, 3.63) is 194 Å². The second-order valence-corrected chi connectivity index (χ2v) is 20.0. The molecule has 5 unspecified atom stereocenters. The molecule has 0 saturated heterocycles. The number of aryl methyl sites for hydroxylation is 2. The van der Waals surface area contributed by atoms with E-state index in [1.54, 1.807) is 0 Å². The fourth-order valence-electron chi connectivity index (χ4n) is 12.1. The maximum atomic E-state index is 11.4. The van der Waals surface area contributed by atoms with Crippen LogP contribution in [0.1, 0.15) is 101 Å². The average molecular weight is 847 g/mol. The number of amidine groups is 2. The van der Waals surface area contributed by atoms with Gasteiger partial charge in [-0.2, -0.15) is 5.26 Å². The summed E-state index contributed by atoms with van der Waals surface area (Å²) >= 11 is 0. The Morgan fingerprint density at radius 3 is 2.31 bits per heavy atom. The molecule has 3 heterocycles. The van der Waals surface area contributed by atoms with Crippen molar-refractivity contribution in [3.8, 4) is 17.4 Å². The minimum absolute atomic E-state index is 0.0142. The van der Waals surface area contributed by atoms with Gasteiger partial charge in [0.15, 0.2) is 5.84 Å². The van der Waals surface area contributed by atoms with Gasteiger partial charge in [0, 0.05) is 50.5 Å². The Bertz CT molecular complexity index is 3360. The molecule has 65 heavy (non-hydrogen) atoms. The molecule has 6 heteroatoms. The summed E-state index contributed by atoms with van der Waals surface area (Å²) in [5, 5.41) is 17.8. The van der Waals surface area contributed by atoms with Crippen LogP contribution in [0.25, 0.3) is 39.3 Å². The SMILES string of the molecule is Cc1ccc2c(c1)c1c(n2-c2cc(-n3c4c(c5cc(C)ccc53)CC(C)CC4)c(C3=NC(C4C=CC=C5C4c4ccccc4C5(C)C)NC(c4ccccc4)=N3)cc2C#N)C=CC(C)C1. The van der Waals surface area contributed by atoms with E-state index in [1.807, 2.05) is 0 Å². The van der Waals surface area contributed by atoms with Crippen molar-refractivity contribution >= 4 is 39.6 Å². The number of hydrogen-bond acceptors (Lipinski definition) is 4. The van der Waals surface area contributed by atoms with Crippen molar-refractivity contribution < 1.29 is 0 Å². The van der Waals surface area contributed by atoms with E-state index in [0.29, 0.717) is 23.2 Å². The number of nitrogens with zero attached hydrogens (tertiary/aromatic N) is 5. The highest BCUT2D eigenvalue weighted by atomic mass is 15.2. The molecule has 5 aromatic carbocycles. The van der Waals surface area contributed by atoms with Crippen LogP contribution in [0.4, 0.5) is 0 Å². The molecule has 12 rings (SSSR count). The first-order chi connectivity index (χ1) is 31.6. The second-order valence-electron chi connectivity index (χ2n) is 20.0. The molecule has 1 aliphatic heterocycles. The molecule has 320 valence electrons. The number of aromatic nitrogens is 2. The maximum absolute atomic E-state index is 11.4. The number of benzene rings is 5. The first-order valence-corrected chi connectivity index (χ1v) is 23.6. The van der Waals surface area contributed by atoms with Gasteiger partial charge < -0.3 is 14.5 Å². The minimum Gasteiger partial charge on any atom is -0.347 e. The molecule has 0 radical (unpaired) electrons. The first-order valence-electron chi connectivity index (χ1n) is 23.6. The van der Waals surface area contributed by atoms with Gasteiger partial charge in [0.2, 0.25) is 0 Å². The quantitative estimate of drug-likeness (QED) is 0.187. The summed E-state index contributed by atoms with van der Waals surface area (Å²) in [7, 11) is 0. The predicted octanol–water partition coefficient (Wildman–Crippen LogP) is 12.7. The fraction of sp³-hybridized carbons (Fsp3) is 0.271. The third kappa shape index (κ3) is 6.12. The van der Waals surface area contributed by atoms with Crippen LogP contribution in [0.3, 0.4) is 0 Å². The molecule has 5 aliphatic rings. The molecule has 5 atom stereocenters. The zero-order valence-corrected chi connectivity index (χ0v) is 38.2. The normalized spacial score (nSPS) is 22.6. The smallest absolute Gasteiger partial charge is 0.161 e. The first kappa shape index (κ1) is 39.6. The minimum atomic E-state index is -0.336. The highest BCUT2D eigenvalue weighted by Crippen LogP contribution is 2.55. The van der Waals surface area contributed by atoms with Crippen molar-refractivity contribution in [3.63, 3.8) is 0 Å². The molecule has 1 N–H and O–H groups in total. The van der Waals surface area contributed by atoms with Gasteiger partial charge in [0.1, 0.15) is 18.1 Å². The van der Waals surface area contributed by atoms with Crippen molar-refractivity contribution in [2.45, 2.75) is 84.7 Å². The fourth-order valence-corrected chi connectivity index (χ4v) is 12.1. The van der Waals surface area contributed by atoms with Gasteiger partial charge in [-0.3, -0.25) is 0 Å². The molecule has 0 saturated carbocycles. The highest BCUT2D eigenvalue weighted by Gasteiger charge is 2.47. The number of fused-ring (bicyclic) bond motifs is 9. The Hall–Kier alpha value is -6.97. The monoisotopic (exact) mass is 846 g/mol. The standard InChI is InChI=1S/C59H54N6/c1-34-19-23-49-42(27-34)43-28-35(2)20-24-50(43)64(49)53-32-54(65-51-25-21-36(3)29-44(51)45-30-37(4)22-26-52(45)65)46(31-39(53)33-60)58-62-56(38-13-8-7-9-14-38)61-57(63-58)41-16-12-18-48-55(41)40-15-10-11-17-47(40)59(48,5)6/h7-21,23-25,27,29,31-32,35,37,41,55,57H,22,26,28,30H2,1-6H3,(H,61,62,63). The van der Waals surface area contributed by atoms with Gasteiger partial charge in [-0.05, 0) is 116 Å². The van der Waals surface area contributed by atoms with Crippen molar-refractivity contribution in [2.24, 2.45) is 27.7 Å². The molecule has 2 aromatic heterocycles. The van der Waals surface area contributed by atoms with E-state index in [0.717, 1.165) is 65.2 Å². The lowest BCUT2D eigenvalue weighted by molar-refractivity contribution is 0.417. The van der Waals surface area contributed by atoms with Gasteiger partial charge in [0.05, 0.1) is 28.0 Å². The van der Waals surface area contributed by atoms with Gasteiger partial charge in [-0.1, -0.05) is 135 Å². The molecule has 0 spiro atoms. The largest absolute Gasteiger partial charge is 0.347 e. The van der Waals surface area contributed by atoms with Crippen LogP contribution in [0.15, 0.2) is 143 Å². The molecule has 6 nitrogen and oxygen atoms in total. The summed E-state index contributed by atoms with van der Waals surface area (Å²) in [5.74, 6) is 2.61. The van der Waals surface area contributed by atoms with Crippen LogP contribution in [0, 0.1) is 42.9 Å². The Morgan fingerprint density at radius 2 is 1.52 bits per heavy atom. The number of nitrogens with one attached hydrogen (secondary N) is 1. The van der Waals surface area contributed by atoms with E-state index < -0.39 is 0 Å². The predicted molar refractivity (Wildman–Crippen MR) is 267 cm³/mol. The van der Waals surface area contributed by atoms with E-state index in [1.165, 1.54) is 60.9 Å². The number of hydrogen-bond donors (Lipinski definition) is 1. The van der Waals surface area contributed by atoms with Crippen LogP contribution >= 0.6 is 0 Å². The second kappa shape index (κ2) is 14.8. The third-order valence-electron chi connectivity index (χ3n) is 15.3. The molecular weight excluding hydrogens is 793 g/mol. The highest BCUT2D eigenvalue weighted by molar-refractivity contribution is 6.15. The van der Waals surface area contributed by atoms with Crippen molar-refractivity contribution in [1.29, 1.82) is 5.26 Å². The van der Waals surface area contributed by atoms with Crippen LogP contribution < -0.4 is 5.32 Å². The zero-order valence-electron chi connectivity index (χ0n) is 38.2. The lowest BCUT2D eigenvalue weighted by Crippen LogP contribution is -2.45. The molecule has 0 amide bonds. The topological polar surface area (TPSA) is 70.4 Å². The van der Waals surface area contributed by atoms with Crippen molar-refractivity contribution in [2.75, 3.05) is 0 Å². The average Bonchev–Trinajstić information content (AvgIpc) is 3.90. The van der Waals surface area contributed by atoms with Crippen LogP contribution in [-0.2, 0) is 24.7 Å². The molecular formula is C59H54N6. The number of nitriles is 1. The Labute approximate surface area is 382 Å². The Balaban J connectivity index is 1.14. The van der Waals surface area contributed by atoms with Crippen molar-refractivity contribution in [1.82, 2.24) is 14.5 Å². The van der Waals surface area contributed by atoms with Gasteiger partial charge in [-0.25, -0.2) is 9.98 Å². The lowest BCUT2D eigenvalue weighted by Gasteiger charge is -2.36. The summed E-state index contributed by atoms with van der Waals surface area (Å²) in [6.07, 6.45) is 15.3.